The van der Waals surface area contributed by atoms with Crippen molar-refractivity contribution >= 4 is 5.91 Å². The van der Waals surface area contributed by atoms with Gasteiger partial charge in [0, 0.05) is 13.2 Å². The molecule has 1 aliphatic rings. The Morgan fingerprint density at radius 3 is 2.94 bits per heavy atom. The highest BCUT2D eigenvalue weighted by Gasteiger charge is 2.19. The molecule has 1 heterocycles. The molecule has 0 aromatic heterocycles. The van der Waals surface area contributed by atoms with E-state index in [1.165, 1.54) is 6.42 Å². The molecule has 1 atom stereocenters. The molecular formula is C12H24N2O2. The van der Waals surface area contributed by atoms with Crippen LogP contribution in [0.5, 0.6) is 0 Å². The molecule has 0 aliphatic carbocycles. The molecule has 1 aliphatic heterocycles. The standard InChI is InChI=1S/C12H24N2O2/c1-10(2)16-9-5-8-14-12(15)11-6-3-4-7-13-11/h10-11,13H,3-9H2,1-2H3,(H,14,15)/t11-/m0/s1. The quantitative estimate of drug-likeness (QED) is 0.668. The number of ether oxygens (including phenoxy) is 1. The van der Waals surface area contributed by atoms with Gasteiger partial charge in [-0.3, -0.25) is 4.79 Å². The van der Waals surface area contributed by atoms with Crippen molar-refractivity contribution in [1.82, 2.24) is 10.6 Å². The average molecular weight is 228 g/mol. The van der Waals surface area contributed by atoms with Gasteiger partial charge in [-0.05, 0) is 39.7 Å². The normalized spacial score (nSPS) is 21.1. The van der Waals surface area contributed by atoms with E-state index >= 15 is 0 Å². The van der Waals surface area contributed by atoms with Gasteiger partial charge in [-0.1, -0.05) is 6.42 Å². The van der Waals surface area contributed by atoms with E-state index in [4.69, 9.17) is 4.74 Å². The zero-order valence-corrected chi connectivity index (χ0v) is 10.4. The zero-order chi connectivity index (χ0) is 11.8. The summed E-state index contributed by atoms with van der Waals surface area (Å²) in [5, 5.41) is 6.18. The molecule has 0 saturated carbocycles. The summed E-state index contributed by atoms with van der Waals surface area (Å²) in [7, 11) is 0. The molecule has 1 rings (SSSR count). The Balaban J connectivity index is 2.01. The Hall–Kier alpha value is -0.610. The highest BCUT2D eigenvalue weighted by molar-refractivity contribution is 5.81. The Morgan fingerprint density at radius 2 is 2.31 bits per heavy atom. The van der Waals surface area contributed by atoms with Crippen LogP contribution in [0.1, 0.15) is 39.5 Å². The van der Waals surface area contributed by atoms with Crippen molar-refractivity contribution in [2.24, 2.45) is 0 Å². The summed E-state index contributed by atoms with van der Waals surface area (Å²) in [6.07, 6.45) is 4.47. The number of nitrogens with one attached hydrogen (secondary N) is 2. The van der Waals surface area contributed by atoms with Crippen LogP contribution in [0.15, 0.2) is 0 Å². The molecule has 4 heteroatoms. The van der Waals surface area contributed by atoms with E-state index in [2.05, 4.69) is 10.6 Å². The van der Waals surface area contributed by atoms with Crippen molar-refractivity contribution in [3.8, 4) is 0 Å². The van der Waals surface area contributed by atoms with Crippen molar-refractivity contribution in [1.29, 1.82) is 0 Å². The van der Waals surface area contributed by atoms with Gasteiger partial charge >= 0.3 is 0 Å². The lowest BCUT2D eigenvalue weighted by molar-refractivity contribution is -0.123. The van der Waals surface area contributed by atoms with Crippen LogP contribution in [0, 0.1) is 0 Å². The minimum absolute atomic E-state index is 0.0276. The monoisotopic (exact) mass is 228 g/mol. The molecule has 1 amide bonds. The Morgan fingerprint density at radius 1 is 1.50 bits per heavy atom. The molecule has 1 saturated heterocycles. The molecule has 16 heavy (non-hydrogen) atoms. The smallest absolute Gasteiger partial charge is 0.237 e. The third-order valence-corrected chi connectivity index (χ3v) is 2.70. The molecule has 94 valence electrons. The number of hydrogen-bond donors (Lipinski definition) is 2. The molecule has 2 N–H and O–H groups in total. The second-order valence-electron chi connectivity index (χ2n) is 4.57. The highest BCUT2D eigenvalue weighted by Crippen LogP contribution is 2.06. The lowest BCUT2D eigenvalue weighted by Gasteiger charge is -2.22. The molecule has 0 aromatic rings. The van der Waals surface area contributed by atoms with Crippen LogP contribution < -0.4 is 10.6 Å². The molecule has 1 fully saturated rings. The first-order valence-electron chi connectivity index (χ1n) is 6.33. The van der Waals surface area contributed by atoms with Crippen LogP contribution in [0.25, 0.3) is 0 Å². The molecule has 0 aromatic carbocycles. The van der Waals surface area contributed by atoms with Crippen LogP contribution in [0.2, 0.25) is 0 Å². The van der Waals surface area contributed by atoms with Gasteiger partial charge in [-0.15, -0.1) is 0 Å². The van der Waals surface area contributed by atoms with Crippen LogP contribution in [0.4, 0.5) is 0 Å². The summed E-state index contributed by atoms with van der Waals surface area (Å²) in [6, 6.07) is 0.0276. The van der Waals surface area contributed by atoms with Gasteiger partial charge in [-0.2, -0.15) is 0 Å². The summed E-state index contributed by atoms with van der Waals surface area (Å²) in [6.45, 7) is 6.43. The van der Waals surface area contributed by atoms with Crippen LogP contribution >= 0.6 is 0 Å². The fourth-order valence-corrected chi connectivity index (χ4v) is 1.80. The van der Waals surface area contributed by atoms with E-state index in [-0.39, 0.29) is 18.1 Å². The van der Waals surface area contributed by atoms with Gasteiger partial charge in [0.25, 0.3) is 0 Å². The van der Waals surface area contributed by atoms with Gasteiger partial charge in [0.1, 0.15) is 0 Å². The van der Waals surface area contributed by atoms with Gasteiger partial charge in [0.15, 0.2) is 0 Å². The van der Waals surface area contributed by atoms with Crippen LogP contribution in [0.3, 0.4) is 0 Å². The number of carbonyl (C=O) groups is 1. The van der Waals surface area contributed by atoms with E-state index in [0.29, 0.717) is 6.54 Å². The van der Waals surface area contributed by atoms with Crippen molar-refractivity contribution in [2.75, 3.05) is 19.7 Å². The third-order valence-electron chi connectivity index (χ3n) is 2.70. The van der Waals surface area contributed by atoms with Crippen molar-refractivity contribution in [3.05, 3.63) is 0 Å². The minimum atomic E-state index is 0.0276. The predicted molar refractivity (Wildman–Crippen MR) is 64.4 cm³/mol. The number of carbonyl (C=O) groups excluding carboxylic acids is 1. The average Bonchev–Trinajstić information content (AvgIpc) is 2.29. The fraction of sp³-hybridized carbons (Fsp3) is 0.917. The Kier molecular flexibility index (Phi) is 6.42. The second kappa shape index (κ2) is 7.63. The maximum absolute atomic E-state index is 11.7. The summed E-state index contributed by atoms with van der Waals surface area (Å²) in [4.78, 5) is 11.7. The van der Waals surface area contributed by atoms with Crippen molar-refractivity contribution in [2.45, 2.75) is 51.7 Å². The first-order chi connectivity index (χ1) is 7.70. The van der Waals surface area contributed by atoms with Gasteiger partial charge in [0.05, 0.1) is 12.1 Å². The zero-order valence-electron chi connectivity index (χ0n) is 10.4. The molecule has 0 unspecified atom stereocenters. The summed E-state index contributed by atoms with van der Waals surface area (Å²) in [5.41, 5.74) is 0. The van der Waals surface area contributed by atoms with E-state index in [0.717, 1.165) is 32.4 Å². The third kappa shape index (κ3) is 5.47. The minimum Gasteiger partial charge on any atom is -0.379 e. The largest absolute Gasteiger partial charge is 0.379 e. The first kappa shape index (κ1) is 13.5. The van der Waals surface area contributed by atoms with Crippen LogP contribution in [-0.4, -0.2) is 37.7 Å². The fourth-order valence-electron chi connectivity index (χ4n) is 1.80. The molecule has 0 radical (unpaired) electrons. The SMILES string of the molecule is CC(C)OCCCNC(=O)[C@@H]1CCCCN1. The van der Waals surface area contributed by atoms with Crippen LogP contribution in [-0.2, 0) is 9.53 Å². The lowest BCUT2D eigenvalue weighted by Crippen LogP contribution is -2.46. The lowest BCUT2D eigenvalue weighted by atomic mass is 10.0. The van der Waals surface area contributed by atoms with E-state index in [9.17, 15) is 4.79 Å². The first-order valence-corrected chi connectivity index (χ1v) is 6.33. The predicted octanol–water partition coefficient (Wildman–Crippen LogP) is 1.06. The summed E-state index contributed by atoms with van der Waals surface area (Å²) in [5.74, 6) is 0.143. The van der Waals surface area contributed by atoms with Gasteiger partial charge in [-0.25, -0.2) is 0 Å². The summed E-state index contributed by atoms with van der Waals surface area (Å²) < 4.78 is 5.40. The number of piperidine rings is 1. The second-order valence-corrected chi connectivity index (χ2v) is 4.57. The molecule has 0 bridgehead atoms. The van der Waals surface area contributed by atoms with Crippen molar-refractivity contribution in [3.63, 3.8) is 0 Å². The van der Waals surface area contributed by atoms with E-state index in [1.807, 2.05) is 13.8 Å². The molecule has 0 spiro atoms. The molecular weight excluding hydrogens is 204 g/mol. The van der Waals surface area contributed by atoms with Crippen molar-refractivity contribution < 1.29 is 9.53 Å². The highest BCUT2D eigenvalue weighted by atomic mass is 16.5. The topological polar surface area (TPSA) is 50.4 Å². The van der Waals surface area contributed by atoms with E-state index in [1.54, 1.807) is 0 Å². The Labute approximate surface area is 98.1 Å². The number of rotatable bonds is 6. The Bertz CT molecular complexity index is 201. The maximum atomic E-state index is 11.7. The summed E-state index contributed by atoms with van der Waals surface area (Å²) >= 11 is 0. The number of amides is 1. The van der Waals surface area contributed by atoms with Gasteiger partial charge < -0.3 is 15.4 Å². The van der Waals surface area contributed by atoms with E-state index < -0.39 is 0 Å². The molecule has 4 nitrogen and oxygen atoms in total. The maximum Gasteiger partial charge on any atom is 0.237 e. The van der Waals surface area contributed by atoms with Gasteiger partial charge in [0.2, 0.25) is 5.91 Å². The number of hydrogen-bond acceptors (Lipinski definition) is 3.